The second-order valence-electron chi connectivity index (χ2n) is 2.13. The van der Waals surface area contributed by atoms with Crippen LogP contribution in [0, 0.1) is 0 Å². The molecular weight excluding hydrogens is 150 g/mol. The van der Waals surface area contributed by atoms with Gasteiger partial charge < -0.3 is 4.90 Å². The lowest BCUT2D eigenvalue weighted by molar-refractivity contribution is -0.130. The fraction of sp³-hybridized carbons (Fsp3) is 0.857. The van der Waals surface area contributed by atoms with E-state index in [1.165, 1.54) is 0 Å². The van der Waals surface area contributed by atoms with Crippen LogP contribution in [-0.2, 0) is 4.79 Å². The minimum atomic E-state index is -0.389. The van der Waals surface area contributed by atoms with Crippen molar-refractivity contribution >= 4 is 17.5 Å². The number of nitrogens with zero attached hydrogens (tertiary/aromatic N) is 1. The third-order valence-electron chi connectivity index (χ3n) is 1.42. The van der Waals surface area contributed by atoms with Crippen molar-refractivity contribution in [2.45, 2.75) is 26.1 Å². The smallest absolute Gasteiger partial charge is 0.240 e. The predicted octanol–water partition coefficient (Wildman–Crippen LogP) is 1.48. The highest BCUT2D eigenvalue weighted by Gasteiger charge is 2.14. The molecule has 0 aromatic carbocycles. The number of rotatable bonds is 3. The molecule has 0 radical (unpaired) electrons. The first-order valence-corrected chi connectivity index (χ1v) is 4.00. The summed E-state index contributed by atoms with van der Waals surface area (Å²) in [7, 11) is 0. The van der Waals surface area contributed by atoms with E-state index in [1.54, 1.807) is 11.8 Å². The molecule has 1 unspecified atom stereocenters. The molecule has 0 spiro atoms. The first kappa shape index (κ1) is 9.76. The lowest BCUT2D eigenvalue weighted by Gasteiger charge is -2.19. The van der Waals surface area contributed by atoms with Gasteiger partial charge in [-0.1, -0.05) is 0 Å². The minimum Gasteiger partial charge on any atom is -0.342 e. The Kier molecular flexibility index (Phi) is 4.45. The molecule has 1 atom stereocenters. The van der Waals surface area contributed by atoms with Gasteiger partial charge in [-0.3, -0.25) is 4.79 Å². The van der Waals surface area contributed by atoms with Crippen molar-refractivity contribution in [1.29, 1.82) is 0 Å². The first-order valence-electron chi connectivity index (χ1n) is 3.56. The summed E-state index contributed by atoms with van der Waals surface area (Å²) in [5, 5.41) is -0.389. The van der Waals surface area contributed by atoms with E-state index < -0.39 is 0 Å². The van der Waals surface area contributed by atoms with Crippen molar-refractivity contribution in [1.82, 2.24) is 4.90 Å². The van der Waals surface area contributed by atoms with E-state index >= 15 is 0 Å². The largest absolute Gasteiger partial charge is 0.342 e. The second kappa shape index (κ2) is 4.56. The van der Waals surface area contributed by atoms with Crippen LogP contribution in [0.2, 0.25) is 0 Å². The number of carbonyl (C=O) groups excluding carboxylic acids is 1. The Bertz CT molecular complexity index is 110. The zero-order valence-electron chi connectivity index (χ0n) is 6.72. The molecule has 0 aliphatic heterocycles. The molecule has 3 heteroatoms. The van der Waals surface area contributed by atoms with E-state index in [0.717, 1.165) is 13.1 Å². The van der Waals surface area contributed by atoms with E-state index in [9.17, 15) is 4.79 Å². The zero-order chi connectivity index (χ0) is 8.15. The van der Waals surface area contributed by atoms with Gasteiger partial charge in [-0.2, -0.15) is 0 Å². The molecular formula is C7H14ClNO. The van der Waals surface area contributed by atoms with Gasteiger partial charge in [0.05, 0.1) is 0 Å². The number of hydrogen-bond acceptors (Lipinski definition) is 1. The molecule has 0 saturated carbocycles. The molecule has 0 aliphatic rings. The van der Waals surface area contributed by atoms with Crippen LogP contribution < -0.4 is 0 Å². The maximum absolute atomic E-state index is 11.1. The molecule has 1 amide bonds. The molecule has 0 aromatic rings. The standard InChI is InChI=1S/C7H14ClNO/c1-4-9(5-2)7(10)6(3)8/h6H,4-5H2,1-3H3. The molecule has 2 nitrogen and oxygen atoms in total. The number of alkyl halides is 1. The summed E-state index contributed by atoms with van der Waals surface area (Å²) in [4.78, 5) is 12.8. The van der Waals surface area contributed by atoms with Gasteiger partial charge in [0, 0.05) is 13.1 Å². The van der Waals surface area contributed by atoms with E-state index in [1.807, 2.05) is 13.8 Å². The molecule has 10 heavy (non-hydrogen) atoms. The van der Waals surface area contributed by atoms with Crippen molar-refractivity contribution in [2.75, 3.05) is 13.1 Å². The zero-order valence-corrected chi connectivity index (χ0v) is 7.48. The summed E-state index contributed by atoms with van der Waals surface area (Å²) < 4.78 is 0. The molecule has 0 aliphatic carbocycles. The third-order valence-corrected chi connectivity index (χ3v) is 1.60. The van der Waals surface area contributed by atoms with Gasteiger partial charge in [-0.15, -0.1) is 11.6 Å². The van der Waals surface area contributed by atoms with Gasteiger partial charge in [0.15, 0.2) is 0 Å². The third kappa shape index (κ3) is 2.56. The van der Waals surface area contributed by atoms with Crippen molar-refractivity contribution in [2.24, 2.45) is 0 Å². The molecule has 0 aromatic heterocycles. The Hall–Kier alpha value is -0.240. The number of carbonyl (C=O) groups is 1. The average molecular weight is 164 g/mol. The summed E-state index contributed by atoms with van der Waals surface area (Å²) in [5.41, 5.74) is 0. The molecule has 0 rings (SSSR count). The maximum atomic E-state index is 11.1. The Morgan fingerprint density at radius 1 is 1.50 bits per heavy atom. The van der Waals surface area contributed by atoms with Crippen LogP contribution in [0.3, 0.4) is 0 Å². The van der Waals surface area contributed by atoms with Crippen LogP contribution in [0.1, 0.15) is 20.8 Å². The Morgan fingerprint density at radius 2 is 1.90 bits per heavy atom. The normalized spacial score (nSPS) is 12.8. The van der Waals surface area contributed by atoms with Crippen LogP contribution in [0.4, 0.5) is 0 Å². The van der Waals surface area contributed by atoms with E-state index in [4.69, 9.17) is 11.6 Å². The van der Waals surface area contributed by atoms with Gasteiger partial charge in [-0.25, -0.2) is 0 Å². The minimum absolute atomic E-state index is 0.0201. The molecule has 0 heterocycles. The molecule has 0 fully saturated rings. The van der Waals surface area contributed by atoms with E-state index in [-0.39, 0.29) is 11.3 Å². The van der Waals surface area contributed by atoms with Crippen LogP contribution >= 0.6 is 11.6 Å². The average Bonchev–Trinajstić information content (AvgIpc) is 1.90. The predicted molar refractivity (Wildman–Crippen MR) is 43.2 cm³/mol. The summed E-state index contributed by atoms with van der Waals surface area (Å²) in [6, 6.07) is 0. The Labute approximate surface area is 67.2 Å². The molecule has 0 saturated heterocycles. The highest BCUT2D eigenvalue weighted by atomic mass is 35.5. The topological polar surface area (TPSA) is 20.3 Å². The van der Waals surface area contributed by atoms with Crippen molar-refractivity contribution in [3.63, 3.8) is 0 Å². The van der Waals surface area contributed by atoms with Crippen LogP contribution in [0.15, 0.2) is 0 Å². The van der Waals surface area contributed by atoms with Crippen molar-refractivity contribution in [3.05, 3.63) is 0 Å². The Morgan fingerprint density at radius 3 is 2.00 bits per heavy atom. The SMILES string of the molecule is CCN(CC)C(=O)C(C)Cl. The number of amides is 1. The maximum Gasteiger partial charge on any atom is 0.240 e. The van der Waals surface area contributed by atoms with Crippen LogP contribution in [0.25, 0.3) is 0 Å². The van der Waals surface area contributed by atoms with Crippen LogP contribution in [-0.4, -0.2) is 29.3 Å². The highest BCUT2D eigenvalue weighted by Crippen LogP contribution is 2.00. The fourth-order valence-corrected chi connectivity index (χ4v) is 0.925. The summed E-state index contributed by atoms with van der Waals surface area (Å²) in [6.07, 6.45) is 0. The lowest BCUT2D eigenvalue weighted by atomic mass is 10.4. The highest BCUT2D eigenvalue weighted by molar-refractivity contribution is 6.30. The number of halogens is 1. The van der Waals surface area contributed by atoms with Gasteiger partial charge in [-0.05, 0) is 20.8 Å². The van der Waals surface area contributed by atoms with Gasteiger partial charge in [0.1, 0.15) is 5.38 Å². The van der Waals surface area contributed by atoms with Crippen LogP contribution in [0.5, 0.6) is 0 Å². The van der Waals surface area contributed by atoms with Crippen molar-refractivity contribution < 1.29 is 4.79 Å². The quantitative estimate of drug-likeness (QED) is 0.578. The molecule has 60 valence electrons. The molecule has 0 N–H and O–H groups in total. The van der Waals surface area contributed by atoms with E-state index in [2.05, 4.69) is 0 Å². The molecule has 0 bridgehead atoms. The van der Waals surface area contributed by atoms with E-state index in [0.29, 0.717) is 0 Å². The van der Waals surface area contributed by atoms with Gasteiger partial charge in [0.25, 0.3) is 0 Å². The fourth-order valence-electron chi connectivity index (χ4n) is 0.787. The summed E-state index contributed by atoms with van der Waals surface area (Å²) in [6.45, 7) is 7.07. The van der Waals surface area contributed by atoms with Gasteiger partial charge >= 0.3 is 0 Å². The first-order chi connectivity index (χ1) is 4.63. The second-order valence-corrected chi connectivity index (χ2v) is 2.78. The summed E-state index contributed by atoms with van der Waals surface area (Å²) >= 11 is 5.59. The van der Waals surface area contributed by atoms with Crippen molar-refractivity contribution in [3.8, 4) is 0 Å². The lowest BCUT2D eigenvalue weighted by Crippen LogP contribution is -2.35. The number of hydrogen-bond donors (Lipinski definition) is 0. The Balaban J connectivity index is 3.89. The summed E-state index contributed by atoms with van der Waals surface area (Å²) in [5.74, 6) is 0.0201. The van der Waals surface area contributed by atoms with Gasteiger partial charge in [0.2, 0.25) is 5.91 Å². The monoisotopic (exact) mass is 163 g/mol.